The molecule has 0 fully saturated rings. The molecule has 0 amide bonds. The summed E-state index contributed by atoms with van der Waals surface area (Å²) in [5.41, 5.74) is 6.87. The van der Waals surface area contributed by atoms with Gasteiger partial charge in [0.1, 0.15) is 0 Å². The third-order valence-corrected chi connectivity index (χ3v) is 1.52. The van der Waals surface area contributed by atoms with Gasteiger partial charge in [0.2, 0.25) is 0 Å². The van der Waals surface area contributed by atoms with Crippen molar-refractivity contribution in [2.45, 2.75) is 19.9 Å². The van der Waals surface area contributed by atoms with E-state index in [1.807, 2.05) is 13.8 Å². The lowest BCUT2D eigenvalue weighted by Gasteiger charge is -2.10. The predicted octanol–water partition coefficient (Wildman–Crippen LogP) is 0.749. The van der Waals surface area contributed by atoms with Crippen LogP contribution in [0.3, 0.4) is 0 Å². The molecule has 4 nitrogen and oxygen atoms in total. The van der Waals surface area contributed by atoms with Gasteiger partial charge in [-0.15, -0.1) is 0 Å². The van der Waals surface area contributed by atoms with E-state index in [1.165, 1.54) is 6.34 Å². The number of nitrogens with two attached hydrogens (primary N) is 1. The molecule has 0 bridgehead atoms. The van der Waals surface area contributed by atoms with Gasteiger partial charge in [-0.05, 0) is 13.8 Å². The zero-order valence-electron chi connectivity index (χ0n) is 7.23. The predicted molar refractivity (Wildman–Crippen MR) is 51.8 cm³/mol. The molecule has 0 saturated carbocycles. The van der Waals surface area contributed by atoms with Gasteiger partial charge in [-0.2, -0.15) is 0 Å². The molecule has 0 radical (unpaired) electrons. The Hall–Kier alpha value is -1.45. The lowest BCUT2D eigenvalue weighted by atomic mass is 10.2. The van der Waals surface area contributed by atoms with E-state index in [1.54, 1.807) is 12.4 Å². The minimum Gasteiger partial charge on any atom is -0.390 e. The molecule has 1 aliphatic heterocycles. The van der Waals surface area contributed by atoms with Crippen LogP contribution in [0.4, 0.5) is 0 Å². The van der Waals surface area contributed by atoms with Crippen molar-refractivity contribution in [2.75, 3.05) is 0 Å². The average Bonchev–Trinajstić information content (AvgIpc) is 2.03. The highest BCUT2D eigenvalue weighted by Crippen LogP contribution is 2.11. The van der Waals surface area contributed by atoms with E-state index in [4.69, 9.17) is 5.73 Å². The van der Waals surface area contributed by atoms with Crippen molar-refractivity contribution >= 4 is 18.3 Å². The number of aliphatic imine (C=N–C) groups is 3. The largest absolute Gasteiger partial charge is 0.390 e. The maximum absolute atomic E-state index is 5.09. The van der Waals surface area contributed by atoms with E-state index in [2.05, 4.69) is 15.0 Å². The second kappa shape index (κ2) is 3.80. The summed E-state index contributed by atoms with van der Waals surface area (Å²) in [5, 5.41) is 0. The summed E-state index contributed by atoms with van der Waals surface area (Å²) in [6.45, 7) is 3.89. The van der Waals surface area contributed by atoms with Gasteiger partial charge in [0.25, 0.3) is 0 Å². The molecular formula is C8H12N4. The average molecular weight is 164 g/mol. The summed E-state index contributed by atoms with van der Waals surface area (Å²) in [6.07, 6.45) is 4.58. The third-order valence-electron chi connectivity index (χ3n) is 1.52. The zero-order chi connectivity index (χ0) is 8.97. The number of rotatable bonds is 1. The molecular weight excluding hydrogens is 152 g/mol. The molecule has 12 heavy (non-hydrogen) atoms. The molecule has 1 unspecified atom stereocenters. The fraction of sp³-hybridized carbons (Fsp3) is 0.375. The Morgan fingerprint density at radius 3 is 3.00 bits per heavy atom. The zero-order valence-corrected chi connectivity index (χ0v) is 7.23. The normalized spacial score (nSPS) is 26.7. The van der Waals surface area contributed by atoms with Crippen molar-refractivity contribution < 1.29 is 0 Å². The second-order valence-electron chi connectivity index (χ2n) is 2.56. The smallest absolute Gasteiger partial charge is 0.0910 e. The fourth-order valence-electron chi connectivity index (χ4n) is 0.941. The van der Waals surface area contributed by atoms with Crippen molar-refractivity contribution in [2.24, 2.45) is 20.7 Å². The van der Waals surface area contributed by atoms with Crippen molar-refractivity contribution in [3.63, 3.8) is 0 Å². The summed E-state index contributed by atoms with van der Waals surface area (Å²) < 4.78 is 0. The van der Waals surface area contributed by atoms with Crippen LogP contribution < -0.4 is 5.73 Å². The lowest BCUT2D eigenvalue weighted by Crippen LogP contribution is -2.11. The molecule has 0 aromatic carbocycles. The van der Waals surface area contributed by atoms with Crippen LogP contribution in [0.5, 0.6) is 0 Å². The molecule has 0 aromatic rings. The topological polar surface area (TPSA) is 63.1 Å². The van der Waals surface area contributed by atoms with E-state index in [0.29, 0.717) is 0 Å². The first kappa shape index (κ1) is 8.64. The van der Waals surface area contributed by atoms with Crippen LogP contribution in [0.1, 0.15) is 13.8 Å². The van der Waals surface area contributed by atoms with Crippen LogP contribution in [0.15, 0.2) is 26.9 Å². The van der Waals surface area contributed by atoms with Crippen LogP contribution in [0, 0.1) is 0 Å². The monoisotopic (exact) mass is 164 g/mol. The standard InChI is InChI=1S/C8H12N4/c1-6-3-11-8(4-10-5-9)7(2)12-6/h3-5,7H,1-2H3,(H2,9,10)/b8-4+. The Labute approximate surface area is 71.6 Å². The Morgan fingerprint density at radius 1 is 1.67 bits per heavy atom. The molecule has 2 N–H and O–H groups in total. The summed E-state index contributed by atoms with van der Waals surface area (Å²) >= 11 is 0. The van der Waals surface area contributed by atoms with Gasteiger partial charge in [0.05, 0.1) is 30.0 Å². The van der Waals surface area contributed by atoms with Gasteiger partial charge in [-0.1, -0.05) is 0 Å². The van der Waals surface area contributed by atoms with Crippen LogP contribution in [0.2, 0.25) is 0 Å². The van der Waals surface area contributed by atoms with Gasteiger partial charge in [0, 0.05) is 6.21 Å². The molecule has 0 aliphatic carbocycles. The van der Waals surface area contributed by atoms with Gasteiger partial charge < -0.3 is 5.73 Å². The molecule has 4 heteroatoms. The number of nitrogens with zero attached hydrogens (tertiary/aromatic N) is 3. The van der Waals surface area contributed by atoms with Gasteiger partial charge in [-0.3, -0.25) is 9.98 Å². The maximum Gasteiger partial charge on any atom is 0.0910 e. The Morgan fingerprint density at radius 2 is 2.42 bits per heavy atom. The van der Waals surface area contributed by atoms with Crippen molar-refractivity contribution in [1.29, 1.82) is 0 Å². The molecule has 0 aromatic heterocycles. The Kier molecular flexibility index (Phi) is 2.74. The molecule has 64 valence electrons. The number of hydrogen-bond donors (Lipinski definition) is 1. The second-order valence-corrected chi connectivity index (χ2v) is 2.56. The van der Waals surface area contributed by atoms with E-state index in [9.17, 15) is 0 Å². The highest BCUT2D eigenvalue weighted by molar-refractivity contribution is 6.30. The van der Waals surface area contributed by atoms with Crippen LogP contribution in [0.25, 0.3) is 0 Å². The summed E-state index contributed by atoms with van der Waals surface area (Å²) in [4.78, 5) is 12.2. The summed E-state index contributed by atoms with van der Waals surface area (Å²) in [5.74, 6) is 0. The highest BCUT2D eigenvalue weighted by atomic mass is 14.9. The molecule has 0 spiro atoms. The van der Waals surface area contributed by atoms with Gasteiger partial charge >= 0.3 is 0 Å². The summed E-state index contributed by atoms with van der Waals surface area (Å²) in [6, 6.07) is 0.0821. The van der Waals surface area contributed by atoms with Crippen molar-refractivity contribution in [3.05, 3.63) is 11.9 Å². The minimum absolute atomic E-state index is 0.0821. The first-order valence-corrected chi connectivity index (χ1v) is 3.76. The highest BCUT2D eigenvalue weighted by Gasteiger charge is 2.09. The van der Waals surface area contributed by atoms with Crippen LogP contribution in [-0.2, 0) is 0 Å². The SMILES string of the molecule is CC1=NC(C)/C(=C\N=CN)N=C1. The van der Waals surface area contributed by atoms with Crippen molar-refractivity contribution in [3.8, 4) is 0 Å². The van der Waals surface area contributed by atoms with E-state index in [0.717, 1.165) is 11.4 Å². The van der Waals surface area contributed by atoms with E-state index in [-0.39, 0.29) is 6.04 Å². The lowest BCUT2D eigenvalue weighted by molar-refractivity contribution is 0.840. The Balaban J connectivity index is 2.79. The quantitative estimate of drug-likeness (QED) is 0.451. The van der Waals surface area contributed by atoms with E-state index >= 15 is 0 Å². The first-order chi connectivity index (χ1) is 5.74. The maximum atomic E-state index is 5.09. The fourth-order valence-corrected chi connectivity index (χ4v) is 0.941. The molecule has 0 saturated heterocycles. The van der Waals surface area contributed by atoms with Crippen molar-refractivity contribution in [1.82, 2.24) is 0 Å². The van der Waals surface area contributed by atoms with Crippen LogP contribution >= 0.6 is 0 Å². The molecule has 1 aliphatic rings. The first-order valence-electron chi connectivity index (χ1n) is 3.76. The summed E-state index contributed by atoms with van der Waals surface area (Å²) in [7, 11) is 0. The molecule has 1 rings (SSSR count). The Bertz CT molecular complexity index is 273. The van der Waals surface area contributed by atoms with Crippen LogP contribution in [-0.4, -0.2) is 24.3 Å². The minimum atomic E-state index is 0.0821. The number of hydrogen-bond acceptors (Lipinski definition) is 3. The third kappa shape index (κ3) is 2.02. The molecule has 1 heterocycles. The van der Waals surface area contributed by atoms with E-state index < -0.39 is 0 Å². The van der Waals surface area contributed by atoms with Gasteiger partial charge in [-0.25, -0.2) is 4.99 Å². The van der Waals surface area contributed by atoms with Gasteiger partial charge in [0.15, 0.2) is 0 Å². The molecule has 1 atom stereocenters.